The number of hydrogen-bond donors (Lipinski definition) is 3. The van der Waals surface area contributed by atoms with Crippen LogP contribution in [0.5, 0.6) is 5.75 Å². The van der Waals surface area contributed by atoms with Crippen molar-refractivity contribution in [1.29, 1.82) is 0 Å². The zero-order valence-corrected chi connectivity index (χ0v) is 9.32. The van der Waals surface area contributed by atoms with Gasteiger partial charge in [-0.05, 0) is 42.5 Å². The summed E-state index contributed by atoms with van der Waals surface area (Å²) in [5, 5.41) is 13.1. The highest BCUT2D eigenvalue weighted by molar-refractivity contribution is 5.58. The summed E-state index contributed by atoms with van der Waals surface area (Å²) in [5.41, 5.74) is 8.50. The Kier molecular flexibility index (Phi) is 2.28. The van der Waals surface area contributed by atoms with Gasteiger partial charge in [0.1, 0.15) is 5.75 Å². The van der Waals surface area contributed by atoms with Gasteiger partial charge < -0.3 is 16.2 Å². The monoisotopic (exact) mass is 218 g/mol. The van der Waals surface area contributed by atoms with Gasteiger partial charge in [0, 0.05) is 17.8 Å². The summed E-state index contributed by atoms with van der Waals surface area (Å²) in [7, 11) is 0. The molecule has 0 aromatic heterocycles. The fourth-order valence-corrected chi connectivity index (χ4v) is 3.16. The zero-order chi connectivity index (χ0) is 11.1. The van der Waals surface area contributed by atoms with Gasteiger partial charge in [-0.1, -0.05) is 12.8 Å². The summed E-state index contributed by atoms with van der Waals surface area (Å²) < 4.78 is 0. The smallest absolute Gasteiger partial charge is 0.116 e. The molecular formula is C13H18N2O. The second kappa shape index (κ2) is 3.67. The molecule has 86 valence electrons. The summed E-state index contributed by atoms with van der Waals surface area (Å²) in [6.45, 7) is 0. The summed E-state index contributed by atoms with van der Waals surface area (Å²) >= 11 is 0. The molecule has 16 heavy (non-hydrogen) atoms. The van der Waals surface area contributed by atoms with Crippen LogP contribution >= 0.6 is 0 Å². The van der Waals surface area contributed by atoms with Gasteiger partial charge in [-0.25, -0.2) is 0 Å². The maximum absolute atomic E-state index is 9.52. The van der Waals surface area contributed by atoms with Crippen molar-refractivity contribution in [2.45, 2.75) is 37.8 Å². The van der Waals surface area contributed by atoms with E-state index in [1.807, 2.05) is 6.07 Å². The van der Waals surface area contributed by atoms with Crippen molar-refractivity contribution < 1.29 is 5.11 Å². The average molecular weight is 218 g/mol. The molecule has 3 rings (SSSR count). The predicted molar refractivity (Wildman–Crippen MR) is 64.4 cm³/mol. The average Bonchev–Trinajstić information content (AvgIpc) is 2.31. The van der Waals surface area contributed by atoms with Crippen LogP contribution in [0.25, 0.3) is 0 Å². The van der Waals surface area contributed by atoms with Gasteiger partial charge in [0.05, 0.1) is 0 Å². The van der Waals surface area contributed by atoms with Crippen LogP contribution in [0.3, 0.4) is 0 Å². The molecule has 0 radical (unpaired) electrons. The Morgan fingerprint density at radius 3 is 2.94 bits per heavy atom. The van der Waals surface area contributed by atoms with Gasteiger partial charge >= 0.3 is 0 Å². The van der Waals surface area contributed by atoms with E-state index >= 15 is 0 Å². The van der Waals surface area contributed by atoms with E-state index in [0.29, 0.717) is 17.7 Å². The van der Waals surface area contributed by atoms with E-state index in [1.165, 1.54) is 25.7 Å². The Hall–Kier alpha value is -1.22. The molecule has 3 heteroatoms. The van der Waals surface area contributed by atoms with Crippen molar-refractivity contribution in [3.63, 3.8) is 0 Å². The van der Waals surface area contributed by atoms with Crippen LogP contribution in [-0.2, 0) is 0 Å². The molecule has 1 aliphatic carbocycles. The maximum Gasteiger partial charge on any atom is 0.116 e. The molecule has 0 bridgehead atoms. The molecule has 1 saturated carbocycles. The van der Waals surface area contributed by atoms with Gasteiger partial charge in [-0.15, -0.1) is 0 Å². The molecule has 3 atom stereocenters. The number of anilines is 1. The highest BCUT2D eigenvalue weighted by Gasteiger charge is 2.35. The molecule has 1 aromatic rings. The third kappa shape index (κ3) is 1.47. The van der Waals surface area contributed by atoms with Gasteiger partial charge in [0.2, 0.25) is 0 Å². The minimum absolute atomic E-state index is 0.0775. The van der Waals surface area contributed by atoms with E-state index in [0.717, 1.165) is 11.3 Å². The molecule has 4 N–H and O–H groups in total. The molecule has 0 spiro atoms. The molecule has 3 unspecified atom stereocenters. The van der Waals surface area contributed by atoms with Crippen molar-refractivity contribution >= 4 is 5.69 Å². The molecule has 1 aliphatic heterocycles. The zero-order valence-electron chi connectivity index (χ0n) is 9.32. The van der Waals surface area contributed by atoms with Crippen LogP contribution in [-0.4, -0.2) is 11.1 Å². The minimum Gasteiger partial charge on any atom is -0.508 e. The number of phenols is 1. The van der Waals surface area contributed by atoms with Crippen molar-refractivity contribution in [1.82, 2.24) is 0 Å². The largest absolute Gasteiger partial charge is 0.508 e. The summed E-state index contributed by atoms with van der Waals surface area (Å²) in [6.07, 6.45) is 5.01. The first-order valence-electron chi connectivity index (χ1n) is 6.11. The van der Waals surface area contributed by atoms with Crippen LogP contribution in [0, 0.1) is 5.92 Å². The fraction of sp³-hybridized carbons (Fsp3) is 0.538. The molecule has 0 amide bonds. The lowest BCUT2D eigenvalue weighted by Gasteiger charge is -2.42. The second-order valence-corrected chi connectivity index (χ2v) is 5.00. The van der Waals surface area contributed by atoms with E-state index in [2.05, 4.69) is 5.32 Å². The summed E-state index contributed by atoms with van der Waals surface area (Å²) in [6, 6.07) is 6.07. The van der Waals surface area contributed by atoms with Gasteiger partial charge in [-0.2, -0.15) is 0 Å². The highest BCUT2D eigenvalue weighted by atomic mass is 16.3. The summed E-state index contributed by atoms with van der Waals surface area (Å²) in [4.78, 5) is 0. The fourth-order valence-electron chi connectivity index (χ4n) is 3.16. The van der Waals surface area contributed by atoms with Gasteiger partial charge in [-0.3, -0.25) is 0 Å². The molecular weight excluding hydrogens is 200 g/mol. The third-order valence-corrected chi connectivity index (χ3v) is 4.02. The van der Waals surface area contributed by atoms with Crippen LogP contribution in [0.1, 0.15) is 37.3 Å². The number of rotatable bonds is 0. The molecule has 3 nitrogen and oxygen atoms in total. The lowest BCUT2D eigenvalue weighted by molar-refractivity contribution is 0.270. The van der Waals surface area contributed by atoms with Crippen molar-refractivity contribution in [3.05, 3.63) is 23.8 Å². The lowest BCUT2D eigenvalue weighted by atomic mass is 9.75. The normalized spacial score (nSPS) is 32.4. The Morgan fingerprint density at radius 1 is 1.25 bits per heavy atom. The van der Waals surface area contributed by atoms with Crippen LogP contribution < -0.4 is 11.1 Å². The molecule has 1 aromatic carbocycles. The Balaban J connectivity index is 2.00. The third-order valence-electron chi connectivity index (χ3n) is 4.02. The first-order chi connectivity index (χ1) is 7.75. The number of phenolic OH excluding ortho intramolecular Hbond substituents is 1. The van der Waals surface area contributed by atoms with Crippen LogP contribution in [0.2, 0.25) is 0 Å². The number of hydrogen-bond acceptors (Lipinski definition) is 3. The second-order valence-electron chi connectivity index (χ2n) is 5.00. The molecule has 0 saturated heterocycles. The Morgan fingerprint density at radius 2 is 2.06 bits per heavy atom. The number of benzene rings is 1. The number of nitrogens with one attached hydrogen (secondary N) is 1. The minimum atomic E-state index is 0.0775. The van der Waals surface area contributed by atoms with Crippen LogP contribution in [0.4, 0.5) is 5.69 Å². The topological polar surface area (TPSA) is 58.3 Å². The first-order valence-corrected chi connectivity index (χ1v) is 6.11. The number of fused-ring (bicyclic) bond motifs is 2. The SMILES string of the molecule is NC1c2cc(O)ccc2NC2CCCCC21. The molecule has 1 heterocycles. The van der Waals surface area contributed by atoms with Crippen molar-refractivity contribution in [2.75, 3.05) is 5.32 Å². The number of nitrogens with two attached hydrogens (primary N) is 1. The molecule has 1 fully saturated rings. The van der Waals surface area contributed by atoms with E-state index in [4.69, 9.17) is 5.73 Å². The Bertz CT molecular complexity index is 405. The first kappa shape index (κ1) is 9.97. The molecule has 2 aliphatic rings. The van der Waals surface area contributed by atoms with E-state index in [1.54, 1.807) is 12.1 Å². The van der Waals surface area contributed by atoms with Crippen molar-refractivity contribution in [2.24, 2.45) is 11.7 Å². The van der Waals surface area contributed by atoms with Gasteiger partial charge in [0.25, 0.3) is 0 Å². The maximum atomic E-state index is 9.52. The van der Waals surface area contributed by atoms with Crippen molar-refractivity contribution in [3.8, 4) is 5.75 Å². The highest BCUT2D eigenvalue weighted by Crippen LogP contribution is 2.42. The Labute approximate surface area is 95.7 Å². The number of aromatic hydroxyl groups is 1. The predicted octanol–water partition coefficient (Wildman–Crippen LogP) is 2.38. The quantitative estimate of drug-likeness (QED) is 0.586. The summed E-state index contributed by atoms with van der Waals surface area (Å²) in [5.74, 6) is 0.841. The van der Waals surface area contributed by atoms with E-state index in [9.17, 15) is 5.11 Å². The van der Waals surface area contributed by atoms with Crippen LogP contribution in [0.15, 0.2) is 18.2 Å². The van der Waals surface area contributed by atoms with E-state index in [-0.39, 0.29) is 6.04 Å². The van der Waals surface area contributed by atoms with E-state index < -0.39 is 0 Å². The van der Waals surface area contributed by atoms with Gasteiger partial charge in [0.15, 0.2) is 0 Å². The standard InChI is InChI=1S/C13H18N2O/c14-13-9-3-1-2-4-11(9)15-12-6-5-8(16)7-10(12)13/h5-7,9,11,13,15-16H,1-4,14H2. The lowest BCUT2D eigenvalue weighted by Crippen LogP contribution is -2.43.